The zero-order valence-electron chi connectivity index (χ0n) is 16.9. The molecular weight excluding hydrogens is 362 g/mol. The van der Waals surface area contributed by atoms with Crippen LogP contribution in [0.15, 0.2) is 18.2 Å². The highest BCUT2D eigenvalue weighted by molar-refractivity contribution is 6.20. The van der Waals surface area contributed by atoms with E-state index in [0.29, 0.717) is 11.3 Å². The Bertz CT molecular complexity index is 669. The van der Waals surface area contributed by atoms with Gasteiger partial charge in [0.05, 0.1) is 11.0 Å². The first-order valence-corrected chi connectivity index (χ1v) is 10.4. The van der Waals surface area contributed by atoms with Crippen LogP contribution in [-0.2, 0) is 4.79 Å². The second-order valence-corrected chi connectivity index (χ2v) is 8.30. The minimum Gasteiger partial charge on any atom is -0.371 e. The number of anilines is 2. The molecule has 6 heteroatoms. The fourth-order valence-corrected chi connectivity index (χ4v) is 3.09. The van der Waals surface area contributed by atoms with Crippen LogP contribution in [0.1, 0.15) is 63.7 Å². The Kier molecular flexibility index (Phi) is 7.54. The molecule has 5 nitrogen and oxygen atoms in total. The van der Waals surface area contributed by atoms with Crippen molar-refractivity contribution < 1.29 is 9.59 Å². The summed E-state index contributed by atoms with van der Waals surface area (Å²) in [6, 6.07) is 5.69. The summed E-state index contributed by atoms with van der Waals surface area (Å²) < 4.78 is 0. The highest BCUT2D eigenvalue weighted by Crippen LogP contribution is 2.28. The number of piperidine rings is 1. The van der Waals surface area contributed by atoms with Crippen LogP contribution in [0.25, 0.3) is 0 Å². The maximum Gasteiger partial charge on any atom is 0.253 e. The second kappa shape index (κ2) is 9.45. The molecule has 1 aliphatic rings. The van der Waals surface area contributed by atoms with Crippen LogP contribution in [0.5, 0.6) is 0 Å². The molecule has 27 heavy (non-hydrogen) atoms. The lowest BCUT2D eigenvalue weighted by Crippen LogP contribution is -2.36. The predicted molar refractivity (Wildman–Crippen MR) is 113 cm³/mol. The van der Waals surface area contributed by atoms with Crippen LogP contribution in [-0.4, -0.2) is 36.8 Å². The van der Waals surface area contributed by atoms with Gasteiger partial charge in [0, 0.05) is 36.4 Å². The molecule has 0 bridgehead atoms. The third kappa shape index (κ3) is 5.61. The number of hydrogen-bond acceptors (Lipinski definition) is 3. The molecule has 150 valence electrons. The Labute approximate surface area is 167 Å². The van der Waals surface area contributed by atoms with E-state index in [0.717, 1.165) is 38.0 Å². The van der Waals surface area contributed by atoms with Gasteiger partial charge in [0.15, 0.2) is 0 Å². The maximum atomic E-state index is 12.9. The molecular formula is C21H32ClN3O2. The standard InChI is InChI=1S/C21H32ClN3O2/c1-5-15(2)23-19(26)17-13-16(24-20(27)21(3,4)14-22)9-10-18(17)25-11-7-6-8-12-25/h9-10,13,15H,5-8,11-12,14H2,1-4H3,(H,23,26)(H,24,27). The predicted octanol–water partition coefficient (Wildman–Crippen LogP) is 4.41. The van der Waals surface area contributed by atoms with Crippen LogP contribution in [0.2, 0.25) is 0 Å². The van der Waals surface area contributed by atoms with Gasteiger partial charge in [-0.25, -0.2) is 0 Å². The van der Waals surface area contributed by atoms with Crippen molar-refractivity contribution in [3.8, 4) is 0 Å². The molecule has 1 saturated heterocycles. The minimum atomic E-state index is -0.674. The number of nitrogens with zero attached hydrogens (tertiary/aromatic N) is 1. The number of amides is 2. The van der Waals surface area contributed by atoms with Crippen molar-refractivity contribution in [3.63, 3.8) is 0 Å². The third-order valence-electron chi connectivity index (χ3n) is 5.13. The summed E-state index contributed by atoms with van der Waals surface area (Å²) in [5.41, 5.74) is 1.49. The van der Waals surface area contributed by atoms with E-state index in [1.807, 2.05) is 26.0 Å². The molecule has 2 rings (SSSR count). The molecule has 0 radical (unpaired) electrons. The quantitative estimate of drug-likeness (QED) is 0.674. The number of carbonyl (C=O) groups is 2. The highest BCUT2D eigenvalue weighted by atomic mass is 35.5. The van der Waals surface area contributed by atoms with Gasteiger partial charge in [-0.05, 0) is 64.7 Å². The Morgan fingerprint density at radius 2 is 1.89 bits per heavy atom. The summed E-state index contributed by atoms with van der Waals surface area (Å²) in [5.74, 6) is -0.0272. The molecule has 1 atom stereocenters. The summed E-state index contributed by atoms with van der Waals surface area (Å²) in [7, 11) is 0. The van der Waals surface area contributed by atoms with Crippen molar-refractivity contribution in [2.45, 2.75) is 59.4 Å². The zero-order valence-corrected chi connectivity index (χ0v) is 17.7. The second-order valence-electron chi connectivity index (χ2n) is 8.03. The van der Waals surface area contributed by atoms with Crippen LogP contribution in [0, 0.1) is 5.41 Å². The van der Waals surface area contributed by atoms with Gasteiger partial charge in [0.2, 0.25) is 5.91 Å². The highest BCUT2D eigenvalue weighted by Gasteiger charge is 2.27. The lowest BCUT2D eigenvalue weighted by Gasteiger charge is -2.31. The fourth-order valence-electron chi connectivity index (χ4n) is 2.97. The van der Waals surface area contributed by atoms with E-state index < -0.39 is 5.41 Å². The molecule has 0 aliphatic carbocycles. The van der Waals surface area contributed by atoms with Crippen molar-refractivity contribution >= 4 is 34.8 Å². The molecule has 1 heterocycles. The monoisotopic (exact) mass is 393 g/mol. The molecule has 1 aliphatic heterocycles. The lowest BCUT2D eigenvalue weighted by atomic mass is 9.95. The Morgan fingerprint density at radius 1 is 1.22 bits per heavy atom. The maximum absolute atomic E-state index is 12.9. The van der Waals surface area contributed by atoms with Gasteiger partial charge in [-0.1, -0.05) is 6.92 Å². The smallest absolute Gasteiger partial charge is 0.253 e. The number of rotatable bonds is 7. The van der Waals surface area contributed by atoms with Gasteiger partial charge < -0.3 is 15.5 Å². The Balaban J connectivity index is 2.32. The number of alkyl halides is 1. The first-order valence-electron chi connectivity index (χ1n) is 9.85. The molecule has 0 spiro atoms. The molecule has 1 fully saturated rings. The average molecular weight is 394 g/mol. The number of carbonyl (C=O) groups excluding carboxylic acids is 2. The average Bonchev–Trinajstić information content (AvgIpc) is 2.68. The molecule has 2 amide bonds. The topological polar surface area (TPSA) is 61.4 Å². The largest absolute Gasteiger partial charge is 0.371 e. The van der Waals surface area contributed by atoms with Gasteiger partial charge in [-0.2, -0.15) is 0 Å². The Hall–Kier alpha value is -1.75. The van der Waals surface area contributed by atoms with Crippen LogP contribution >= 0.6 is 11.6 Å². The number of nitrogens with one attached hydrogen (secondary N) is 2. The van der Waals surface area contributed by atoms with Crippen molar-refractivity contribution in [2.75, 3.05) is 29.2 Å². The lowest BCUT2D eigenvalue weighted by molar-refractivity contribution is -0.122. The van der Waals surface area contributed by atoms with E-state index in [1.165, 1.54) is 6.42 Å². The Morgan fingerprint density at radius 3 is 2.48 bits per heavy atom. The summed E-state index contributed by atoms with van der Waals surface area (Å²) in [5, 5.41) is 5.95. The van der Waals surface area contributed by atoms with E-state index in [2.05, 4.69) is 15.5 Å². The summed E-state index contributed by atoms with van der Waals surface area (Å²) in [6.07, 6.45) is 4.36. The van der Waals surface area contributed by atoms with Crippen LogP contribution < -0.4 is 15.5 Å². The summed E-state index contributed by atoms with van der Waals surface area (Å²) in [6.45, 7) is 9.54. The molecule has 1 aromatic carbocycles. The first-order chi connectivity index (χ1) is 12.8. The molecule has 0 saturated carbocycles. The van der Waals surface area contributed by atoms with E-state index in [4.69, 9.17) is 11.6 Å². The van der Waals surface area contributed by atoms with Crippen LogP contribution in [0.4, 0.5) is 11.4 Å². The minimum absolute atomic E-state index is 0.0973. The number of hydrogen-bond donors (Lipinski definition) is 2. The van der Waals surface area contributed by atoms with E-state index in [9.17, 15) is 9.59 Å². The number of halogens is 1. The van der Waals surface area contributed by atoms with Crippen molar-refractivity contribution in [2.24, 2.45) is 5.41 Å². The third-order valence-corrected chi connectivity index (χ3v) is 5.80. The summed E-state index contributed by atoms with van der Waals surface area (Å²) >= 11 is 5.90. The van der Waals surface area contributed by atoms with Crippen molar-refractivity contribution in [1.82, 2.24) is 5.32 Å². The first kappa shape index (κ1) is 21.5. The molecule has 1 unspecified atom stereocenters. The van der Waals surface area contributed by atoms with Crippen molar-refractivity contribution in [3.05, 3.63) is 23.8 Å². The van der Waals surface area contributed by atoms with E-state index >= 15 is 0 Å². The van der Waals surface area contributed by atoms with Gasteiger partial charge in [-0.15, -0.1) is 11.6 Å². The van der Waals surface area contributed by atoms with Gasteiger partial charge in [0.1, 0.15) is 0 Å². The molecule has 0 aromatic heterocycles. The van der Waals surface area contributed by atoms with Crippen molar-refractivity contribution in [1.29, 1.82) is 0 Å². The van der Waals surface area contributed by atoms with Crippen LogP contribution in [0.3, 0.4) is 0 Å². The molecule has 1 aromatic rings. The van der Waals surface area contributed by atoms with E-state index in [-0.39, 0.29) is 23.7 Å². The fraction of sp³-hybridized carbons (Fsp3) is 0.619. The normalized spacial score (nSPS) is 16.0. The van der Waals surface area contributed by atoms with Gasteiger partial charge in [0.25, 0.3) is 5.91 Å². The SMILES string of the molecule is CCC(C)NC(=O)c1cc(NC(=O)C(C)(C)CCl)ccc1N1CCCCC1. The zero-order chi connectivity index (χ0) is 20.0. The number of benzene rings is 1. The summed E-state index contributed by atoms with van der Waals surface area (Å²) in [4.78, 5) is 27.6. The molecule has 2 N–H and O–H groups in total. The van der Waals surface area contributed by atoms with E-state index in [1.54, 1.807) is 19.9 Å². The van der Waals surface area contributed by atoms with Gasteiger partial charge in [-0.3, -0.25) is 9.59 Å². The van der Waals surface area contributed by atoms with Gasteiger partial charge >= 0.3 is 0 Å².